The van der Waals surface area contributed by atoms with Crippen LogP contribution in [-0.4, -0.2) is 55.8 Å². The van der Waals surface area contributed by atoms with Crippen molar-refractivity contribution in [2.24, 2.45) is 5.41 Å². The number of hydrogen-bond donors (Lipinski definition) is 1. The lowest BCUT2D eigenvalue weighted by atomic mass is 9.74. The summed E-state index contributed by atoms with van der Waals surface area (Å²) in [6.07, 6.45) is 4.90. The summed E-state index contributed by atoms with van der Waals surface area (Å²) in [5.41, 5.74) is 2.95. The van der Waals surface area contributed by atoms with Crippen molar-refractivity contribution < 1.29 is 14.6 Å². The largest absolute Gasteiger partial charge is 0.497 e. The Morgan fingerprint density at radius 3 is 2.37 bits per heavy atom. The number of anilines is 1. The van der Waals surface area contributed by atoms with Gasteiger partial charge in [0, 0.05) is 49.5 Å². The van der Waals surface area contributed by atoms with Crippen molar-refractivity contribution in [1.82, 2.24) is 4.90 Å². The molecule has 0 unspecified atom stereocenters. The Kier molecular flexibility index (Phi) is 6.28. The van der Waals surface area contributed by atoms with Crippen molar-refractivity contribution in [2.45, 2.75) is 32.1 Å². The minimum Gasteiger partial charge on any atom is -0.497 e. The number of ether oxygens (including phenoxy) is 1. The molecule has 30 heavy (non-hydrogen) atoms. The van der Waals surface area contributed by atoms with E-state index in [-0.39, 0.29) is 17.9 Å². The van der Waals surface area contributed by atoms with E-state index in [0.717, 1.165) is 43.7 Å². The van der Waals surface area contributed by atoms with E-state index in [1.807, 2.05) is 35.2 Å². The van der Waals surface area contributed by atoms with Crippen molar-refractivity contribution in [3.05, 3.63) is 59.7 Å². The van der Waals surface area contributed by atoms with Gasteiger partial charge in [0.1, 0.15) is 5.75 Å². The molecular weight excluding hydrogens is 376 g/mol. The third-order valence-corrected chi connectivity index (χ3v) is 6.75. The fourth-order valence-electron chi connectivity index (χ4n) is 4.76. The Labute approximate surface area is 179 Å². The number of likely N-dealkylation sites (tertiary alicyclic amines) is 1. The summed E-state index contributed by atoms with van der Waals surface area (Å²) < 4.78 is 5.33. The molecule has 0 spiro atoms. The van der Waals surface area contributed by atoms with Gasteiger partial charge in [-0.25, -0.2) is 0 Å². The summed E-state index contributed by atoms with van der Waals surface area (Å²) in [6, 6.07) is 16.1. The first kappa shape index (κ1) is 20.7. The number of carbonyl (C=O) groups is 1. The van der Waals surface area contributed by atoms with Crippen molar-refractivity contribution in [3.63, 3.8) is 0 Å². The van der Waals surface area contributed by atoms with E-state index in [9.17, 15) is 9.90 Å². The van der Waals surface area contributed by atoms with Gasteiger partial charge in [0.05, 0.1) is 7.11 Å². The average Bonchev–Trinajstić information content (AvgIpc) is 3.34. The quantitative estimate of drug-likeness (QED) is 0.791. The van der Waals surface area contributed by atoms with Crippen molar-refractivity contribution in [3.8, 4) is 5.75 Å². The highest BCUT2D eigenvalue weighted by Gasteiger charge is 2.36. The molecule has 0 radical (unpaired) electrons. The van der Waals surface area contributed by atoms with E-state index < -0.39 is 0 Å². The van der Waals surface area contributed by atoms with Crippen LogP contribution >= 0.6 is 0 Å². The zero-order chi connectivity index (χ0) is 21.0. The fraction of sp³-hybridized carbons (Fsp3) is 0.480. The minimum absolute atomic E-state index is 0.0934. The number of nitrogens with zero attached hydrogens (tertiary/aromatic N) is 2. The normalized spacial score (nSPS) is 18.5. The first-order chi connectivity index (χ1) is 14.6. The minimum atomic E-state index is -0.178. The number of benzene rings is 2. The first-order valence-corrected chi connectivity index (χ1v) is 11.0. The third kappa shape index (κ3) is 4.46. The summed E-state index contributed by atoms with van der Waals surface area (Å²) in [4.78, 5) is 17.3. The zero-order valence-electron chi connectivity index (χ0n) is 17.8. The second-order valence-corrected chi connectivity index (χ2v) is 8.72. The Bertz CT molecular complexity index is 851. The molecule has 0 atom stereocenters. The number of hydrogen-bond acceptors (Lipinski definition) is 4. The number of amides is 1. The average molecular weight is 409 g/mol. The van der Waals surface area contributed by atoms with Crippen LogP contribution < -0.4 is 9.64 Å². The molecule has 0 aromatic heterocycles. The zero-order valence-corrected chi connectivity index (χ0v) is 17.8. The summed E-state index contributed by atoms with van der Waals surface area (Å²) >= 11 is 0. The second-order valence-electron chi connectivity index (χ2n) is 8.72. The maximum absolute atomic E-state index is 13.0. The van der Waals surface area contributed by atoms with Crippen LogP contribution in [0.25, 0.3) is 0 Å². The topological polar surface area (TPSA) is 53.0 Å². The van der Waals surface area contributed by atoms with Gasteiger partial charge in [-0.3, -0.25) is 4.79 Å². The molecule has 0 bridgehead atoms. The predicted molar refractivity (Wildman–Crippen MR) is 119 cm³/mol. The molecule has 5 nitrogen and oxygen atoms in total. The van der Waals surface area contributed by atoms with Crippen LogP contribution in [0.2, 0.25) is 0 Å². The number of carbonyl (C=O) groups excluding carboxylic acids is 1. The highest BCUT2D eigenvalue weighted by atomic mass is 16.5. The molecule has 4 rings (SSSR count). The number of aliphatic hydroxyl groups excluding tert-OH is 1. The Morgan fingerprint density at radius 1 is 1.03 bits per heavy atom. The first-order valence-electron chi connectivity index (χ1n) is 11.0. The van der Waals surface area contributed by atoms with E-state index in [2.05, 4.69) is 23.1 Å². The van der Waals surface area contributed by atoms with E-state index in [1.165, 1.54) is 24.1 Å². The molecule has 2 fully saturated rings. The standard InChI is InChI=1S/C25H32N2O3/c1-30-23-6-4-5-20(17-23)18-25(19-28)11-15-27(16-12-25)24(29)21-7-9-22(10-8-21)26-13-2-3-14-26/h4-10,17,28H,2-3,11-16,18-19H2,1H3. The molecule has 1 amide bonds. The van der Waals surface area contributed by atoms with Crippen molar-refractivity contribution in [2.75, 3.05) is 44.8 Å². The fourth-order valence-corrected chi connectivity index (χ4v) is 4.76. The van der Waals surface area contributed by atoms with Crippen LogP contribution in [0.5, 0.6) is 5.75 Å². The van der Waals surface area contributed by atoms with E-state index in [1.54, 1.807) is 7.11 Å². The Morgan fingerprint density at radius 2 is 1.73 bits per heavy atom. The lowest BCUT2D eigenvalue weighted by Gasteiger charge is -2.41. The van der Waals surface area contributed by atoms with E-state index in [0.29, 0.717) is 13.1 Å². The summed E-state index contributed by atoms with van der Waals surface area (Å²) in [6.45, 7) is 3.71. The van der Waals surface area contributed by atoms with E-state index in [4.69, 9.17) is 4.74 Å². The predicted octanol–water partition coefficient (Wildman–Crippen LogP) is 3.75. The van der Waals surface area contributed by atoms with Crippen LogP contribution in [0.3, 0.4) is 0 Å². The Balaban J connectivity index is 1.38. The van der Waals surface area contributed by atoms with Crippen molar-refractivity contribution >= 4 is 11.6 Å². The maximum atomic E-state index is 13.0. The lowest BCUT2D eigenvalue weighted by molar-refractivity contribution is 0.0358. The molecule has 0 aliphatic carbocycles. The molecule has 2 heterocycles. The number of methoxy groups -OCH3 is 1. The highest BCUT2D eigenvalue weighted by Crippen LogP contribution is 2.36. The van der Waals surface area contributed by atoms with Gasteiger partial charge in [0.15, 0.2) is 0 Å². The van der Waals surface area contributed by atoms with Gasteiger partial charge in [-0.05, 0) is 74.1 Å². The number of aliphatic hydroxyl groups is 1. The van der Waals surface area contributed by atoms with Crippen LogP contribution in [-0.2, 0) is 6.42 Å². The third-order valence-electron chi connectivity index (χ3n) is 6.75. The van der Waals surface area contributed by atoms with Crippen LogP contribution in [0.1, 0.15) is 41.6 Å². The van der Waals surface area contributed by atoms with Gasteiger partial charge in [0.25, 0.3) is 5.91 Å². The summed E-state index contributed by atoms with van der Waals surface area (Å²) in [5, 5.41) is 10.2. The summed E-state index contributed by atoms with van der Waals surface area (Å²) in [7, 11) is 1.67. The van der Waals surface area contributed by atoms with Gasteiger partial charge < -0.3 is 19.6 Å². The molecular formula is C25H32N2O3. The van der Waals surface area contributed by atoms with Gasteiger partial charge in [-0.15, -0.1) is 0 Å². The molecule has 0 saturated carbocycles. The molecule has 2 saturated heterocycles. The van der Waals surface area contributed by atoms with Crippen molar-refractivity contribution in [1.29, 1.82) is 0 Å². The molecule has 160 valence electrons. The van der Waals surface area contributed by atoms with Gasteiger partial charge >= 0.3 is 0 Å². The summed E-state index contributed by atoms with van der Waals surface area (Å²) in [5.74, 6) is 0.932. The lowest BCUT2D eigenvalue weighted by Crippen LogP contribution is -2.45. The molecule has 1 N–H and O–H groups in total. The monoisotopic (exact) mass is 408 g/mol. The molecule has 2 aliphatic heterocycles. The SMILES string of the molecule is COc1cccc(CC2(CO)CCN(C(=O)c3ccc(N4CCCC4)cc3)CC2)c1. The van der Waals surface area contributed by atoms with Gasteiger partial charge in [0.2, 0.25) is 0 Å². The van der Waals surface area contributed by atoms with Gasteiger partial charge in [-0.2, -0.15) is 0 Å². The number of piperidine rings is 1. The Hall–Kier alpha value is -2.53. The van der Waals surface area contributed by atoms with Gasteiger partial charge in [-0.1, -0.05) is 12.1 Å². The smallest absolute Gasteiger partial charge is 0.253 e. The molecule has 5 heteroatoms. The second kappa shape index (κ2) is 9.09. The number of rotatable bonds is 6. The molecule has 2 aromatic rings. The van der Waals surface area contributed by atoms with Crippen LogP contribution in [0.4, 0.5) is 5.69 Å². The van der Waals surface area contributed by atoms with E-state index >= 15 is 0 Å². The molecule has 2 aromatic carbocycles. The maximum Gasteiger partial charge on any atom is 0.253 e. The highest BCUT2D eigenvalue weighted by molar-refractivity contribution is 5.94. The molecule has 2 aliphatic rings. The van der Waals surface area contributed by atoms with Crippen LogP contribution in [0, 0.1) is 5.41 Å². The van der Waals surface area contributed by atoms with Crippen LogP contribution in [0.15, 0.2) is 48.5 Å².